The molecule has 0 amide bonds. The van der Waals surface area contributed by atoms with E-state index < -0.39 is 9.85 Å². The fraction of sp³-hybridized carbons (Fsp3) is 0.611. The standard InChI is InChI=1S/C18H27N2O5/c1-2-12-17(19(22)23)14-9-10-15-18(20(24)25)13-8-6-4-3-5-7-11-16-21/h9-10,12-13H,2-8,11,14-15H2,1H3/b10-9-,17-12+,18-13+. The molecule has 0 aromatic rings. The van der Waals surface area contributed by atoms with Crippen molar-refractivity contribution in [2.24, 2.45) is 0 Å². The van der Waals surface area contributed by atoms with Crippen molar-refractivity contribution < 1.29 is 14.6 Å². The summed E-state index contributed by atoms with van der Waals surface area (Å²) in [5.74, 6) is 0. The van der Waals surface area contributed by atoms with Gasteiger partial charge in [0, 0.05) is 6.42 Å². The molecule has 0 atom stereocenters. The van der Waals surface area contributed by atoms with Gasteiger partial charge in [-0.25, -0.2) is 0 Å². The van der Waals surface area contributed by atoms with Gasteiger partial charge in [-0.15, -0.1) is 0 Å². The Bertz CT molecular complexity index is 510. The van der Waals surface area contributed by atoms with Gasteiger partial charge < -0.3 is 0 Å². The number of hydrogen-bond donors (Lipinski definition) is 0. The molecule has 0 aliphatic rings. The molecule has 1 radical (unpaired) electrons. The van der Waals surface area contributed by atoms with Crippen LogP contribution >= 0.6 is 0 Å². The summed E-state index contributed by atoms with van der Waals surface area (Å²) in [6, 6.07) is 0. The molecule has 7 heteroatoms. The van der Waals surface area contributed by atoms with Crippen molar-refractivity contribution in [2.45, 2.75) is 71.1 Å². The predicted octanol–water partition coefficient (Wildman–Crippen LogP) is 4.89. The number of nitro groups is 2. The average Bonchev–Trinajstić information content (AvgIpc) is 2.57. The van der Waals surface area contributed by atoms with Crippen LogP contribution in [0.5, 0.6) is 0 Å². The Kier molecular flexibility index (Phi) is 13.8. The molecule has 0 heterocycles. The van der Waals surface area contributed by atoms with Crippen LogP contribution in [0, 0.1) is 20.2 Å². The predicted molar refractivity (Wildman–Crippen MR) is 96.8 cm³/mol. The minimum atomic E-state index is -0.425. The van der Waals surface area contributed by atoms with Crippen LogP contribution in [0.25, 0.3) is 0 Å². The van der Waals surface area contributed by atoms with E-state index in [2.05, 4.69) is 0 Å². The Labute approximate surface area is 148 Å². The maximum Gasteiger partial charge on any atom is 0.246 e. The highest BCUT2D eigenvalue weighted by atomic mass is 16.6. The molecule has 0 aliphatic carbocycles. The van der Waals surface area contributed by atoms with E-state index in [9.17, 15) is 25.0 Å². The van der Waals surface area contributed by atoms with E-state index in [1.54, 1.807) is 24.3 Å². The highest BCUT2D eigenvalue weighted by Crippen LogP contribution is 2.12. The molecular formula is C18H27N2O5. The summed E-state index contributed by atoms with van der Waals surface area (Å²) >= 11 is 0. The summed E-state index contributed by atoms with van der Waals surface area (Å²) < 4.78 is 0. The van der Waals surface area contributed by atoms with E-state index in [1.807, 2.05) is 13.2 Å². The maximum absolute atomic E-state index is 11.0. The third kappa shape index (κ3) is 12.7. The lowest BCUT2D eigenvalue weighted by molar-refractivity contribution is -0.427. The molecule has 25 heavy (non-hydrogen) atoms. The van der Waals surface area contributed by atoms with Crippen molar-refractivity contribution in [2.75, 3.05) is 0 Å². The smallest absolute Gasteiger partial charge is 0.246 e. The zero-order chi connectivity index (χ0) is 18.9. The molecule has 0 saturated heterocycles. The van der Waals surface area contributed by atoms with Crippen LogP contribution in [-0.2, 0) is 4.79 Å². The number of unbranched alkanes of at least 4 members (excludes halogenated alkanes) is 6. The molecule has 0 aliphatic heterocycles. The molecular weight excluding hydrogens is 324 g/mol. The number of allylic oxidation sites excluding steroid dienone is 4. The fourth-order valence-corrected chi connectivity index (χ4v) is 2.25. The number of nitrogens with zero attached hydrogens (tertiary/aromatic N) is 2. The molecule has 0 fully saturated rings. The Morgan fingerprint density at radius 3 is 1.92 bits per heavy atom. The van der Waals surface area contributed by atoms with Gasteiger partial charge in [-0.3, -0.25) is 25.0 Å². The second kappa shape index (κ2) is 15.2. The van der Waals surface area contributed by atoms with Gasteiger partial charge >= 0.3 is 0 Å². The Morgan fingerprint density at radius 2 is 1.40 bits per heavy atom. The quantitative estimate of drug-likeness (QED) is 0.181. The lowest BCUT2D eigenvalue weighted by Crippen LogP contribution is -1.98. The Hall–Kier alpha value is -2.31. The minimum absolute atomic E-state index is 0.109. The number of hydrogen-bond acceptors (Lipinski definition) is 5. The highest BCUT2D eigenvalue weighted by molar-refractivity contribution is 5.50. The summed E-state index contributed by atoms with van der Waals surface area (Å²) in [7, 11) is 0. The van der Waals surface area contributed by atoms with Crippen molar-refractivity contribution in [3.63, 3.8) is 0 Å². The van der Waals surface area contributed by atoms with Crippen molar-refractivity contribution in [1.82, 2.24) is 0 Å². The number of rotatable bonds is 15. The summed E-state index contributed by atoms with van der Waals surface area (Å²) in [4.78, 5) is 31.0. The first-order chi connectivity index (χ1) is 12.0. The monoisotopic (exact) mass is 351 g/mol. The first-order valence-corrected chi connectivity index (χ1v) is 8.69. The van der Waals surface area contributed by atoms with Gasteiger partial charge in [0.25, 0.3) is 0 Å². The summed E-state index contributed by atoms with van der Waals surface area (Å²) in [5, 5.41) is 21.8. The largest absolute Gasteiger partial charge is 0.291 e. The van der Waals surface area contributed by atoms with Crippen molar-refractivity contribution in [3.8, 4) is 0 Å². The van der Waals surface area contributed by atoms with E-state index in [0.29, 0.717) is 19.3 Å². The van der Waals surface area contributed by atoms with E-state index in [4.69, 9.17) is 0 Å². The van der Waals surface area contributed by atoms with Crippen molar-refractivity contribution >= 4 is 6.29 Å². The van der Waals surface area contributed by atoms with Gasteiger partial charge in [0.1, 0.15) is 0 Å². The van der Waals surface area contributed by atoms with E-state index in [-0.39, 0.29) is 24.2 Å². The topological polar surface area (TPSA) is 103 Å². The minimum Gasteiger partial charge on any atom is -0.291 e. The third-order valence-corrected chi connectivity index (χ3v) is 3.59. The van der Waals surface area contributed by atoms with Crippen molar-refractivity contribution in [1.29, 1.82) is 0 Å². The average molecular weight is 351 g/mol. The fourth-order valence-electron chi connectivity index (χ4n) is 2.25. The zero-order valence-corrected chi connectivity index (χ0v) is 14.8. The van der Waals surface area contributed by atoms with Gasteiger partial charge in [0.05, 0.1) is 22.7 Å². The second-order valence-electron chi connectivity index (χ2n) is 5.64. The van der Waals surface area contributed by atoms with Crippen molar-refractivity contribution in [3.05, 3.63) is 55.9 Å². The van der Waals surface area contributed by atoms with E-state index in [0.717, 1.165) is 32.1 Å². The lowest BCUT2D eigenvalue weighted by atomic mass is 10.1. The molecule has 0 saturated carbocycles. The molecule has 0 aromatic carbocycles. The summed E-state index contributed by atoms with van der Waals surface area (Å²) in [6.07, 6.45) is 15.0. The zero-order valence-electron chi connectivity index (χ0n) is 14.8. The molecule has 0 N–H and O–H groups in total. The molecule has 139 valence electrons. The normalized spacial score (nSPS) is 12.5. The summed E-state index contributed by atoms with van der Waals surface area (Å²) in [5.41, 5.74) is 0.228. The Balaban J connectivity index is 4.22. The van der Waals surface area contributed by atoms with E-state index in [1.165, 1.54) is 0 Å². The first-order valence-electron chi connectivity index (χ1n) is 8.69. The van der Waals surface area contributed by atoms with Gasteiger partial charge in [0.2, 0.25) is 11.4 Å². The summed E-state index contributed by atoms with van der Waals surface area (Å²) in [6.45, 7) is 1.82. The molecule has 0 unspecified atom stereocenters. The molecule has 0 spiro atoms. The number of carbonyl (C=O) groups excluding carboxylic acids is 1. The van der Waals surface area contributed by atoms with Gasteiger partial charge in [-0.1, -0.05) is 38.3 Å². The molecule has 7 nitrogen and oxygen atoms in total. The van der Waals surface area contributed by atoms with Gasteiger partial charge in [-0.2, -0.15) is 0 Å². The van der Waals surface area contributed by atoms with Crippen LogP contribution in [0.1, 0.15) is 71.1 Å². The third-order valence-electron chi connectivity index (χ3n) is 3.59. The molecule has 0 rings (SSSR count). The molecule has 0 aromatic heterocycles. The van der Waals surface area contributed by atoms with Crippen LogP contribution in [0.2, 0.25) is 0 Å². The van der Waals surface area contributed by atoms with Crippen LogP contribution < -0.4 is 0 Å². The second-order valence-corrected chi connectivity index (χ2v) is 5.64. The van der Waals surface area contributed by atoms with Crippen LogP contribution in [0.4, 0.5) is 0 Å². The first kappa shape index (κ1) is 22.7. The molecule has 0 bridgehead atoms. The SMILES string of the molecule is CC/C=C(\C/C=C\C/C(=C\CCCCCCC[C]=O)[N+](=O)[O-])[N+](=O)[O-]. The maximum atomic E-state index is 11.0. The van der Waals surface area contributed by atoms with Gasteiger partial charge in [-0.05, 0) is 37.8 Å². The van der Waals surface area contributed by atoms with Crippen LogP contribution in [0.15, 0.2) is 35.7 Å². The van der Waals surface area contributed by atoms with Crippen LogP contribution in [0.3, 0.4) is 0 Å². The van der Waals surface area contributed by atoms with Crippen LogP contribution in [-0.4, -0.2) is 16.1 Å². The lowest BCUT2D eigenvalue weighted by Gasteiger charge is -1.98. The van der Waals surface area contributed by atoms with E-state index >= 15 is 0 Å². The van der Waals surface area contributed by atoms with Gasteiger partial charge in [0.15, 0.2) is 6.29 Å². The Morgan fingerprint density at radius 1 is 0.880 bits per heavy atom. The highest BCUT2D eigenvalue weighted by Gasteiger charge is 2.09.